The minimum atomic E-state index is -0.205. The molecule has 3 heteroatoms. The zero-order valence-corrected chi connectivity index (χ0v) is 14.9. The molecule has 5 aliphatic carbocycles. The van der Waals surface area contributed by atoms with E-state index in [0.717, 1.165) is 19.3 Å². The van der Waals surface area contributed by atoms with Crippen molar-refractivity contribution >= 4 is 11.8 Å². The van der Waals surface area contributed by atoms with Gasteiger partial charge in [-0.2, -0.15) is 0 Å². The summed E-state index contributed by atoms with van der Waals surface area (Å²) in [5.74, 6) is 1.36. The van der Waals surface area contributed by atoms with E-state index in [-0.39, 0.29) is 17.4 Å². The highest BCUT2D eigenvalue weighted by atomic mass is 16.2. The van der Waals surface area contributed by atoms with Crippen molar-refractivity contribution in [2.24, 2.45) is 22.7 Å². The molecule has 2 amide bonds. The maximum atomic E-state index is 13.2. The largest absolute Gasteiger partial charge is 0.269 e. The number of hydrogen-bond acceptors (Lipinski definition) is 2. The highest BCUT2D eigenvalue weighted by Gasteiger charge is 2.69. The van der Waals surface area contributed by atoms with E-state index in [1.54, 1.807) is 4.90 Å². The summed E-state index contributed by atoms with van der Waals surface area (Å²) in [5.41, 5.74) is 1.88. The van der Waals surface area contributed by atoms with Crippen molar-refractivity contribution in [1.82, 2.24) is 4.90 Å². The van der Waals surface area contributed by atoms with E-state index in [9.17, 15) is 9.59 Å². The van der Waals surface area contributed by atoms with Crippen LogP contribution in [-0.4, -0.2) is 22.3 Å². The standard InChI is InChI=1S/C22H25NO2/c1-20(6-7-20)21-9-14-8-15(10-21)12-22(11-14,13-21)23-18(24)16-4-2-3-5-17(16)19(23)25/h2-5,14-15H,6-13H2,1H3. The molecule has 1 aromatic carbocycles. The van der Waals surface area contributed by atoms with Crippen molar-refractivity contribution in [2.45, 2.75) is 63.8 Å². The van der Waals surface area contributed by atoms with Crippen LogP contribution in [0, 0.1) is 22.7 Å². The molecule has 0 aromatic heterocycles. The molecule has 2 atom stereocenters. The molecule has 1 aliphatic heterocycles. The summed E-state index contributed by atoms with van der Waals surface area (Å²) in [5, 5.41) is 0. The van der Waals surface area contributed by atoms with Crippen LogP contribution >= 0.6 is 0 Å². The Bertz CT molecular complexity index is 772. The minimum absolute atomic E-state index is 0.0290. The van der Waals surface area contributed by atoms with Crippen LogP contribution in [-0.2, 0) is 0 Å². The van der Waals surface area contributed by atoms with E-state index in [4.69, 9.17) is 0 Å². The smallest absolute Gasteiger partial charge is 0.262 e. The third kappa shape index (κ3) is 1.63. The van der Waals surface area contributed by atoms with Gasteiger partial charge in [-0.15, -0.1) is 0 Å². The maximum Gasteiger partial charge on any atom is 0.262 e. The van der Waals surface area contributed by atoms with Gasteiger partial charge >= 0.3 is 0 Å². The quantitative estimate of drug-likeness (QED) is 0.750. The molecule has 3 nitrogen and oxygen atoms in total. The Balaban J connectivity index is 1.46. The molecule has 0 saturated heterocycles. The molecule has 5 fully saturated rings. The number of imide groups is 1. The van der Waals surface area contributed by atoms with Gasteiger partial charge in [0, 0.05) is 0 Å². The van der Waals surface area contributed by atoms with Crippen LogP contribution in [0.4, 0.5) is 0 Å². The number of carbonyl (C=O) groups is 2. The fraction of sp³-hybridized carbons (Fsp3) is 0.636. The zero-order chi connectivity index (χ0) is 17.0. The van der Waals surface area contributed by atoms with Crippen molar-refractivity contribution in [3.63, 3.8) is 0 Å². The van der Waals surface area contributed by atoms with Gasteiger partial charge in [-0.25, -0.2) is 0 Å². The summed E-state index contributed by atoms with van der Waals surface area (Å²) in [6.07, 6.45) is 9.84. The van der Waals surface area contributed by atoms with Gasteiger partial charge in [0.15, 0.2) is 0 Å². The first-order valence-corrected chi connectivity index (χ1v) is 9.93. The second-order valence-corrected chi connectivity index (χ2v) is 10.0. The Morgan fingerprint density at radius 2 is 1.48 bits per heavy atom. The predicted octanol–water partition coefficient (Wildman–Crippen LogP) is 4.42. The molecule has 25 heavy (non-hydrogen) atoms. The van der Waals surface area contributed by atoms with E-state index < -0.39 is 0 Å². The number of hydrogen-bond donors (Lipinski definition) is 0. The first-order valence-electron chi connectivity index (χ1n) is 9.93. The van der Waals surface area contributed by atoms with Gasteiger partial charge in [0.2, 0.25) is 0 Å². The SMILES string of the molecule is CC1(C23CC4CC(CC(N5C(=O)c6ccccc6C5=O)(C4)C2)C3)CC1. The molecule has 7 rings (SSSR count). The third-order valence-corrected chi connectivity index (χ3v) is 8.58. The Hall–Kier alpha value is -1.64. The molecule has 130 valence electrons. The fourth-order valence-electron chi connectivity index (χ4n) is 7.52. The Morgan fingerprint density at radius 1 is 0.920 bits per heavy atom. The van der Waals surface area contributed by atoms with Crippen LogP contribution in [0.15, 0.2) is 24.3 Å². The van der Waals surface area contributed by atoms with Crippen LogP contribution in [0.5, 0.6) is 0 Å². The van der Waals surface area contributed by atoms with Crippen molar-refractivity contribution in [3.8, 4) is 0 Å². The second-order valence-electron chi connectivity index (χ2n) is 10.0. The van der Waals surface area contributed by atoms with E-state index in [1.807, 2.05) is 24.3 Å². The number of fused-ring (bicyclic) bond motifs is 1. The van der Waals surface area contributed by atoms with E-state index >= 15 is 0 Å². The van der Waals surface area contributed by atoms with Crippen LogP contribution in [0.1, 0.15) is 79.0 Å². The normalized spacial score (nSPS) is 42.8. The molecule has 0 spiro atoms. The van der Waals surface area contributed by atoms with Crippen molar-refractivity contribution in [2.75, 3.05) is 0 Å². The summed E-state index contributed by atoms with van der Waals surface area (Å²) >= 11 is 0. The highest BCUT2D eigenvalue weighted by Crippen LogP contribution is 2.74. The summed E-state index contributed by atoms with van der Waals surface area (Å²) in [6.45, 7) is 2.47. The number of carbonyl (C=O) groups excluding carboxylic acids is 2. The molecule has 1 heterocycles. The number of rotatable bonds is 2. The lowest BCUT2D eigenvalue weighted by Crippen LogP contribution is -2.65. The Kier molecular flexibility index (Phi) is 2.43. The Labute approximate surface area is 148 Å². The maximum absolute atomic E-state index is 13.2. The summed E-state index contributed by atoms with van der Waals surface area (Å²) in [4.78, 5) is 28.1. The molecular weight excluding hydrogens is 310 g/mol. The Morgan fingerprint density at radius 3 is 2.00 bits per heavy atom. The third-order valence-electron chi connectivity index (χ3n) is 8.58. The van der Waals surface area contributed by atoms with Gasteiger partial charge < -0.3 is 0 Å². The van der Waals surface area contributed by atoms with E-state index in [0.29, 0.717) is 33.8 Å². The lowest BCUT2D eigenvalue weighted by molar-refractivity contribution is -0.137. The lowest BCUT2D eigenvalue weighted by Gasteiger charge is -2.66. The number of benzene rings is 1. The summed E-state index contributed by atoms with van der Waals surface area (Å²) in [6, 6.07) is 7.40. The first-order chi connectivity index (χ1) is 12.0. The van der Waals surface area contributed by atoms with Gasteiger partial charge in [0.05, 0.1) is 16.7 Å². The molecular formula is C22H25NO2. The molecule has 0 N–H and O–H groups in total. The number of amides is 2. The van der Waals surface area contributed by atoms with Crippen LogP contribution in [0.2, 0.25) is 0 Å². The average Bonchev–Trinajstić information content (AvgIpc) is 3.27. The predicted molar refractivity (Wildman–Crippen MR) is 94.1 cm³/mol. The van der Waals surface area contributed by atoms with E-state index in [1.165, 1.54) is 32.1 Å². The topological polar surface area (TPSA) is 37.4 Å². The van der Waals surface area contributed by atoms with Crippen LogP contribution in [0.25, 0.3) is 0 Å². The molecule has 6 aliphatic rings. The highest BCUT2D eigenvalue weighted by molar-refractivity contribution is 6.21. The molecule has 4 bridgehead atoms. The van der Waals surface area contributed by atoms with Gasteiger partial charge in [0.25, 0.3) is 11.8 Å². The van der Waals surface area contributed by atoms with Gasteiger partial charge in [-0.05, 0) is 86.2 Å². The van der Waals surface area contributed by atoms with Crippen LogP contribution in [0.3, 0.4) is 0 Å². The average molecular weight is 335 g/mol. The summed E-state index contributed by atoms with van der Waals surface area (Å²) in [7, 11) is 0. The van der Waals surface area contributed by atoms with Gasteiger partial charge in [0.1, 0.15) is 0 Å². The summed E-state index contributed by atoms with van der Waals surface area (Å²) < 4.78 is 0. The monoisotopic (exact) mass is 335 g/mol. The molecule has 1 aromatic rings. The second kappa shape index (κ2) is 4.19. The lowest BCUT2D eigenvalue weighted by atomic mass is 9.43. The molecule has 2 unspecified atom stereocenters. The molecule has 0 radical (unpaired) electrons. The van der Waals surface area contributed by atoms with E-state index in [2.05, 4.69) is 6.92 Å². The number of nitrogens with zero attached hydrogens (tertiary/aromatic N) is 1. The van der Waals surface area contributed by atoms with Gasteiger partial charge in [-0.3, -0.25) is 14.5 Å². The van der Waals surface area contributed by atoms with Crippen molar-refractivity contribution in [1.29, 1.82) is 0 Å². The van der Waals surface area contributed by atoms with Gasteiger partial charge in [-0.1, -0.05) is 19.1 Å². The fourth-order valence-corrected chi connectivity index (χ4v) is 7.52. The van der Waals surface area contributed by atoms with Crippen LogP contribution < -0.4 is 0 Å². The minimum Gasteiger partial charge on any atom is -0.269 e. The molecule has 5 saturated carbocycles. The van der Waals surface area contributed by atoms with Crippen molar-refractivity contribution in [3.05, 3.63) is 35.4 Å². The zero-order valence-electron chi connectivity index (χ0n) is 14.9. The van der Waals surface area contributed by atoms with Crippen molar-refractivity contribution < 1.29 is 9.59 Å². The first kappa shape index (κ1) is 14.5.